The first kappa shape index (κ1) is 11.7. The van der Waals surface area contributed by atoms with Crippen molar-refractivity contribution in [3.05, 3.63) is 35.2 Å². The summed E-state index contributed by atoms with van der Waals surface area (Å²) >= 11 is 0. The van der Waals surface area contributed by atoms with E-state index in [0.717, 1.165) is 17.7 Å². The van der Waals surface area contributed by atoms with Crippen LogP contribution in [0.1, 0.15) is 23.4 Å². The quantitative estimate of drug-likeness (QED) is 0.910. The molecule has 0 fully saturated rings. The first-order valence-electron chi connectivity index (χ1n) is 6.06. The van der Waals surface area contributed by atoms with Crippen molar-refractivity contribution in [3.63, 3.8) is 0 Å². The monoisotopic (exact) mass is 259 g/mol. The van der Waals surface area contributed by atoms with Crippen molar-refractivity contribution in [1.29, 1.82) is 0 Å². The first-order chi connectivity index (χ1) is 9.22. The van der Waals surface area contributed by atoms with Gasteiger partial charge in [0.05, 0.1) is 0 Å². The summed E-state index contributed by atoms with van der Waals surface area (Å²) in [7, 11) is 0. The Balaban J connectivity index is 1.74. The van der Waals surface area contributed by atoms with Gasteiger partial charge in [0.1, 0.15) is 23.7 Å². The maximum absolute atomic E-state index is 11.3. The summed E-state index contributed by atoms with van der Waals surface area (Å²) < 4.78 is 10.2. The zero-order valence-corrected chi connectivity index (χ0v) is 10.5. The number of carbonyl (C=O) groups is 1. The molecule has 1 aliphatic rings. The molecule has 2 heterocycles. The number of ether oxygens (including phenoxy) is 1. The Labute approximate surface area is 109 Å². The minimum absolute atomic E-state index is 0.0428. The van der Waals surface area contributed by atoms with Gasteiger partial charge in [0.25, 0.3) is 0 Å². The zero-order valence-electron chi connectivity index (χ0n) is 10.5. The molecule has 0 bridgehead atoms. The lowest BCUT2D eigenvalue weighted by molar-refractivity contribution is -0.116. The Morgan fingerprint density at radius 1 is 1.37 bits per heavy atom. The molecule has 1 aromatic carbocycles. The minimum atomic E-state index is 0.0428. The van der Waals surface area contributed by atoms with Crippen molar-refractivity contribution in [1.82, 2.24) is 10.3 Å². The Morgan fingerprint density at radius 3 is 3.05 bits per heavy atom. The Bertz CT molecular complexity index is 621. The van der Waals surface area contributed by atoms with E-state index in [1.165, 1.54) is 0 Å². The van der Waals surface area contributed by atoms with Crippen LogP contribution in [0.3, 0.4) is 0 Å². The number of aryl methyl sites for hydroxylation is 2. The summed E-state index contributed by atoms with van der Waals surface area (Å²) in [6.45, 7) is 2.10. The van der Waals surface area contributed by atoms with Crippen molar-refractivity contribution in [2.45, 2.75) is 26.4 Å². The van der Waals surface area contributed by atoms with Gasteiger partial charge < -0.3 is 10.1 Å². The first-order valence-corrected chi connectivity index (χ1v) is 6.06. The standard InChI is InChI=1S/C13H13N3O3/c1-8-12(16-19-15-8)7-18-10-4-2-9-3-5-13(17)14-11(9)6-10/h2,4,6H,3,5,7H2,1H3,(H,14,17). The topological polar surface area (TPSA) is 77.2 Å². The molecule has 19 heavy (non-hydrogen) atoms. The van der Waals surface area contributed by atoms with E-state index in [1.54, 1.807) is 0 Å². The van der Waals surface area contributed by atoms with Crippen LogP contribution in [0.4, 0.5) is 5.69 Å². The van der Waals surface area contributed by atoms with E-state index < -0.39 is 0 Å². The lowest BCUT2D eigenvalue weighted by atomic mass is 10.0. The number of hydrogen-bond acceptors (Lipinski definition) is 5. The summed E-state index contributed by atoms with van der Waals surface area (Å²) in [5, 5.41) is 10.3. The molecule has 0 atom stereocenters. The number of hydrogen-bond donors (Lipinski definition) is 1. The number of rotatable bonds is 3. The van der Waals surface area contributed by atoms with Crippen LogP contribution in [-0.2, 0) is 17.8 Å². The molecule has 6 nitrogen and oxygen atoms in total. The average Bonchev–Trinajstić information content (AvgIpc) is 2.81. The molecule has 3 rings (SSSR count). The molecule has 98 valence electrons. The van der Waals surface area contributed by atoms with Crippen LogP contribution in [0.25, 0.3) is 0 Å². The number of anilines is 1. The van der Waals surface area contributed by atoms with Crippen molar-refractivity contribution in [3.8, 4) is 5.75 Å². The van der Waals surface area contributed by atoms with Crippen molar-refractivity contribution in [2.75, 3.05) is 5.32 Å². The zero-order chi connectivity index (χ0) is 13.2. The van der Waals surface area contributed by atoms with Gasteiger partial charge in [-0.3, -0.25) is 4.79 Å². The van der Waals surface area contributed by atoms with E-state index in [1.807, 2.05) is 25.1 Å². The molecule has 6 heteroatoms. The molecular formula is C13H13N3O3. The summed E-state index contributed by atoms with van der Waals surface area (Å²) in [5.74, 6) is 0.726. The fourth-order valence-electron chi connectivity index (χ4n) is 1.97. The van der Waals surface area contributed by atoms with Crippen LogP contribution >= 0.6 is 0 Å². The number of nitrogens with one attached hydrogen (secondary N) is 1. The molecule has 0 radical (unpaired) electrons. The molecule has 0 aliphatic carbocycles. The number of benzene rings is 1. The highest BCUT2D eigenvalue weighted by Crippen LogP contribution is 2.27. The third-order valence-corrected chi connectivity index (χ3v) is 3.10. The molecule has 0 saturated heterocycles. The SMILES string of the molecule is Cc1nonc1COc1ccc2c(c1)NC(=O)CC2. The molecule has 2 aromatic rings. The summed E-state index contributed by atoms with van der Waals surface area (Å²) in [6, 6.07) is 5.69. The fourth-order valence-corrected chi connectivity index (χ4v) is 1.97. The van der Waals surface area contributed by atoms with Gasteiger partial charge >= 0.3 is 0 Å². The van der Waals surface area contributed by atoms with E-state index in [4.69, 9.17) is 4.74 Å². The van der Waals surface area contributed by atoms with E-state index in [9.17, 15) is 4.79 Å². The van der Waals surface area contributed by atoms with Gasteiger partial charge in [-0.1, -0.05) is 16.4 Å². The van der Waals surface area contributed by atoms with Crippen LogP contribution in [-0.4, -0.2) is 16.2 Å². The maximum atomic E-state index is 11.3. The fraction of sp³-hybridized carbons (Fsp3) is 0.308. The molecule has 1 amide bonds. The van der Waals surface area contributed by atoms with Gasteiger partial charge in [0.2, 0.25) is 5.91 Å². The number of nitrogens with zero attached hydrogens (tertiary/aromatic N) is 2. The smallest absolute Gasteiger partial charge is 0.224 e. The molecule has 1 N–H and O–H groups in total. The largest absolute Gasteiger partial charge is 0.487 e. The van der Waals surface area contributed by atoms with E-state index in [-0.39, 0.29) is 5.91 Å². The molecule has 1 aromatic heterocycles. The van der Waals surface area contributed by atoms with E-state index in [0.29, 0.717) is 30.2 Å². The van der Waals surface area contributed by atoms with Gasteiger partial charge in [-0.25, -0.2) is 4.63 Å². The second-order valence-electron chi connectivity index (χ2n) is 4.45. The van der Waals surface area contributed by atoms with Gasteiger partial charge in [0, 0.05) is 18.2 Å². The lowest BCUT2D eigenvalue weighted by Crippen LogP contribution is -2.18. The van der Waals surface area contributed by atoms with E-state index in [2.05, 4.69) is 20.3 Å². The highest BCUT2D eigenvalue weighted by Gasteiger charge is 2.15. The van der Waals surface area contributed by atoms with Gasteiger partial charge in [-0.15, -0.1) is 0 Å². The Hall–Kier alpha value is -2.37. The number of amides is 1. The predicted molar refractivity (Wildman–Crippen MR) is 66.8 cm³/mol. The molecule has 0 spiro atoms. The average molecular weight is 259 g/mol. The predicted octanol–water partition coefficient (Wildman–Crippen LogP) is 1.84. The van der Waals surface area contributed by atoms with Crippen LogP contribution < -0.4 is 10.1 Å². The second-order valence-corrected chi connectivity index (χ2v) is 4.45. The second kappa shape index (κ2) is 4.72. The van der Waals surface area contributed by atoms with Crippen LogP contribution in [0.2, 0.25) is 0 Å². The summed E-state index contributed by atoms with van der Waals surface area (Å²) in [5.41, 5.74) is 3.34. The molecule has 1 aliphatic heterocycles. The lowest BCUT2D eigenvalue weighted by Gasteiger charge is -2.17. The summed E-state index contributed by atoms with van der Waals surface area (Å²) in [4.78, 5) is 11.3. The number of fused-ring (bicyclic) bond motifs is 1. The molecular weight excluding hydrogens is 246 g/mol. The van der Waals surface area contributed by atoms with Crippen molar-refractivity contribution in [2.24, 2.45) is 0 Å². The van der Waals surface area contributed by atoms with E-state index >= 15 is 0 Å². The molecule has 0 unspecified atom stereocenters. The van der Waals surface area contributed by atoms with Crippen LogP contribution in [0, 0.1) is 6.92 Å². The maximum Gasteiger partial charge on any atom is 0.224 e. The highest BCUT2D eigenvalue weighted by atomic mass is 16.6. The minimum Gasteiger partial charge on any atom is -0.487 e. The number of carbonyl (C=O) groups excluding carboxylic acids is 1. The Kier molecular flexibility index (Phi) is 2.91. The Morgan fingerprint density at radius 2 is 2.26 bits per heavy atom. The third-order valence-electron chi connectivity index (χ3n) is 3.10. The van der Waals surface area contributed by atoms with Gasteiger partial charge in [-0.05, 0) is 25.0 Å². The normalized spacial score (nSPS) is 13.8. The number of aromatic nitrogens is 2. The summed E-state index contributed by atoms with van der Waals surface area (Å²) in [6.07, 6.45) is 1.31. The van der Waals surface area contributed by atoms with Gasteiger partial charge in [-0.2, -0.15) is 0 Å². The highest BCUT2D eigenvalue weighted by molar-refractivity contribution is 5.94. The van der Waals surface area contributed by atoms with Crippen LogP contribution in [0.5, 0.6) is 5.75 Å². The van der Waals surface area contributed by atoms with Gasteiger partial charge in [0.15, 0.2) is 0 Å². The van der Waals surface area contributed by atoms with Crippen molar-refractivity contribution >= 4 is 11.6 Å². The van der Waals surface area contributed by atoms with Crippen LogP contribution in [0.15, 0.2) is 22.8 Å². The third kappa shape index (κ3) is 2.42. The van der Waals surface area contributed by atoms with Crippen molar-refractivity contribution < 1.29 is 14.2 Å². The molecule has 0 saturated carbocycles.